The van der Waals surface area contributed by atoms with E-state index in [-0.39, 0.29) is 17.7 Å². The summed E-state index contributed by atoms with van der Waals surface area (Å²) in [4.78, 5) is 14.6. The Labute approximate surface area is 164 Å². The molecule has 0 N–H and O–H groups in total. The van der Waals surface area contributed by atoms with E-state index < -0.39 is 12.1 Å². The van der Waals surface area contributed by atoms with Gasteiger partial charge in [0.25, 0.3) is 5.91 Å². The number of aromatic nitrogens is 4. The normalized spacial score (nSPS) is 15.7. The van der Waals surface area contributed by atoms with Crippen molar-refractivity contribution in [1.82, 2.24) is 24.9 Å². The molecular formula is C19H18F3N5O2. The van der Waals surface area contributed by atoms with Gasteiger partial charge in [-0.1, -0.05) is 18.2 Å². The zero-order chi connectivity index (χ0) is 20.6. The van der Waals surface area contributed by atoms with E-state index in [0.29, 0.717) is 31.5 Å². The molecule has 1 aromatic carbocycles. The van der Waals surface area contributed by atoms with Crippen LogP contribution in [0.2, 0.25) is 0 Å². The summed E-state index contributed by atoms with van der Waals surface area (Å²) >= 11 is 0. The first-order valence-corrected chi connectivity index (χ1v) is 9.14. The molecule has 0 atom stereocenters. The predicted octanol–water partition coefficient (Wildman–Crippen LogP) is 3.60. The Morgan fingerprint density at radius 3 is 2.45 bits per heavy atom. The molecule has 1 amide bonds. The minimum Gasteiger partial charge on any atom is -0.417 e. The van der Waals surface area contributed by atoms with Crippen LogP contribution in [-0.4, -0.2) is 43.9 Å². The minimum atomic E-state index is -4.65. The summed E-state index contributed by atoms with van der Waals surface area (Å²) in [6.45, 7) is 2.61. The Morgan fingerprint density at radius 1 is 1.14 bits per heavy atom. The van der Waals surface area contributed by atoms with Gasteiger partial charge in [-0.05, 0) is 31.9 Å². The quantitative estimate of drug-likeness (QED) is 0.665. The van der Waals surface area contributed by atoms with Crippen molar-refractivity contribution in [3.8, 4) is 5.69 Å². The lowest BCUT2D eigenvalue weighted by molar-refractivity contribution is -0.157. The fraction of sp³-hybridized carbons (Fsp3) is 0.368. The number of para-hydroxylation sites is 1. The molecule has 3 aromatic rings. The second-order valence-corrected chi connectivity index (χ2v) is 6.90. The Morgan fingerprint density at radius 2 is 1.83 bits per heavy atom. The van der Waals surface area contributed by atoms with Crippen molar-refractivity contribution in [3.63, 3.8) is 0 Å². The maximum Gasteiger partial charge on any atom is 0.470 e. The van der Waals surface area contributed by atoms with Crippen molar-refractivity contribution in [2.75, 3.05) is 13.1 Å². The van der Waals surface area contributed by atoms with Crippen molar-refractivity contribution in [2.24, 2.45) is 0 Å². The minimum absolute atomic E-state index is 0.0301. The molecule has 1 saturated heterocycles. The molecule has 0 spiro atoms. The Hall–Kier alpha value is -3.17. The van der Waals surface area contributed by atoms with E-state index in [1.165, 1.54) is 0 Å². The molecule has 29 heavy (non-hydrogen) atoms. The molecule has 3 heterocycles. The summed E-state index contributed by atoms with van der Waals surface area (Å²) in [6, 6.07) is 9.49. The van der Waals surface area contributed by atoms with Gasteiger partial charge < -0.3 is 9.32 Å². The summed E-state index contributed by atoms with van der Waals surface area (Å²) in [5, 5.41) is 10.9. The van der Waals surface area contributed by atoms with Crippen LogP contribution in [-0.2, 0) is 6.18 Å². The Bertz CT molecular complexity index is 1000. The smallest absolute Gasteiger partial charge is 0.417 e. The van der Waals surface area contributed by atoms with Gasteiger partial charge in [0.2, 0.25) is 5.89 Å². The number of benzene rings is 1. The molecule has 1 aliphatic rings. The van der Waals surface area contributed by atoms with Crippen molar-refractivity contribution in [2.45, 2.75) is 31.9 Å². The van der Waals surface area contributed by atoms with Gasteiger partial charge in [0, 0.05) is 19.0 Å². The van der Waals surface area contributed by atoms with Crippen LogP contribution in [0.15, 0.2) is 40.9 Å². The molecule has 2 aromatic heterocycles. The van der Waals surface area contributed by atoms with E-state index in [1.54, 1.807) is 15.8 Å². The first-order chi connectivity index (χ1) is 13.8. The van der Waals surface area contributed by atoms with Crippen LogP contribution in [0.1, 0.15) is 46.6 Å². The second kappa shape index (κ2) is 7.34. The Kier molecular flexibility index (Phi) is 4.85. The molecule has 4 rings (SSSR count). The van der Waals surface area contributed by atoms with Crippen LogP contribution in [0.4, 0.5) is 13.2 Å². The number of carbonyl (C=O) groups excluding carboxylic acids is 1. The molecule has 0 bridgehead atoms. The van der Waals surface area contributed by atoms with Crippen LogP contribution < -0.4 is 0 Å². The van der Waals surface area contributed by atoms with Crippen molar-refractivity contribution in [3.05, 3.63) is 59.6 Å². The topological polar surface area (TPSA) is 77.1 Å². The monoisotopic (exact) mass is 405 g/mol. The molecule has 10 heteroatoms. The van der Waals surface area contributed by atoms with Gasteiger partial charge >= 0.3 is 12.1 Å². The highest BCUT2D eigenvalue weighted by molar-refractivity contribution is 5.95. The van der Waals surface area contributed by atoms with E-state index in [4.69, 9.17) is 4.42 Å². The van der Waals surface area contributed by atoms with Gasteiger partial charge in [-0.15, -0.1) is 10.2 Å². The first-order valence-electron chi connectivity index (χ1n) is 9.14. The highest BCUT2D eigenvalue weighted by Gasteiger charge is 2.39. The summed E-state index contributed by atoms with van der Waals surface area (Å²) < 4.78 is 44.4. The molecule has 1 aliphatic heterocycles. The maximum absolute atomic E-state index is 12.9. The molecule has 0 saturated carbocycles. The van der Waals surface area contributed by atoms with E-state index in [9.17, 15) is 18.0 Å². The molecular weight excluding hydrogens is 387 g/mol. The SMILES string of the molecule is Cc1c(C(=O)N2CCC(c3nnc(C(F)(F)F)o3)CC2)cnn1-c1ccccc1. The van der Waals surface area contributed by atoms with Crippen LogP contribution in [0.25, 0.3) is 5.69 Å². The highest BCUT2D eigenvalue weighted by Crippen LogP contribution is 2.33. The Balaban J connectivity index is 1.43. The summed E-state index contributed by atoms with van der Waals surface area (Å²) in [5.74, 6) is -1.81. The fourth-order valence-electron chi connectivity index (χ4n) is 3.46. The van der Waals surface area contributed by atoms with Crippen LogP contribution in [0.5, 0.6) is 0 Å². The van der Waals surface area contributed by atoms with Crippen LogP contribution in [0, 0.1) is 6.92 Å². The maximum atomic E-state index is 12.9. The van der Waals surface area contributed by atoms with E-state index >= 15 is 0 Å². The van der Waals surface area contributed by atoms with E-state index in [0.717, 1.165) is 11.4 Å². The van der Waals surface area contributed by atoms with Gasteiger partial charge in [0.1, 0.15) is 0 Å². The van der Waals surface area contributed by atoms with Crippen molar-refractivity contribution >= 4 is 5.91 Å². The second-order valence-electron chi connectivity index (χ2n) is 6.90. The predicted molar refractivity (Wildman–Crippen MR) is 95.5 cm³/mol. The van der Waals surface area contributed by atoms with Gasteiger partial charge in [0.05, 0.1) is 23.1 Å². The number of hydrogen-bond acceptors (Lipinski definition) is 5. The lowest BCUT2D eigenvalue weighted by atomic mass is 9.96. The van der Waals surface area contributed by atoms with Gasteiger partial charge in [0.15, 0.2) is 0 Å². The molecule has 0 aliphatic carbocycles. The fourth-order valence-corrected chi connectivity index (χ4v) is 3.46. The number of nitrogens with zero attached hydrogens (tertiary/aromatic N) is 5. The molecule has 0 unspecified atom stereocenters. The zero-order valence-corrected chi connectivity index (χ0v) is 15.6. The average Bonchev–Trinajstić information content (AvgIpc) is 3.35. The number of piperidine rings is 1. The molecule has 0 radical (unpaired) electrons. The van der Waals surface area contributed by atoms with Crippen LogP contribution >= 0.6 is 0 Å². The van der Waals surface area contributed by atoms with Gasteiger partial charge in [-0.25, -0.2) is 4.68 Å². The third kappa shape index (κ3) is 3.74. The average molecular weight is 405 g/mol. The third-order valence-corrected chi connectivity index (χ3v) is 5.06. The number of hydrogen-bond donors (Lipinski definition) is 0. The van der Waals surface area contributed by atoms with Crippen molar-refractivity contribution in [1.29, 1.82) is 0 Å². The van der Waals surface area contributed by atoms with Crippen molar-refractivity contribution < 1.29 is 22.4 Å². The third-order valence-electron chi connectivity index (χ3n) is 5.06. The van der Waals surface area contributed by atoms with Gasteiger partial charge in [-0.3, -0.25) is 4.79 Å². The lowest BCUT2D eigenvalue weighted by Gasteiger charge is -2.30. The first kappa shape index (κ1) is 19.2. The van der Waals surface area contributed by atoms with E-state index in [1.807, 2.05) is 37.3 Å². The van der Waals surface area contributed by atoms with Crippen LogP contribution in [0.3, 0.4) is 0 Å². The number of rotatable bonds is 3. The molecule has 1 fully saturated rings. The number of likely N-dealkylation sites (tertiary alicyclic amines) is 1. The number of halogens is 3. The zero-order valence-electron chi connectivity index (χ0n) is 15.6. The largest absolute Gasteiger partial charge is 0.470 e. The standard InChI is InChI=1S/C19H18F3N5O2/c1-12-15(11-23-27(12)14-5-3-2-4-6-14)17(28)26-9-7-13(8-10-26)16-24-25-18(29-16)19(20,21)22/h2-6,11,13H,7-10H2,1H3. The number of alkyl halides is 3. The summed E-state index contributed by atoms with van der Waals surface area (Å²) in [6.07, 6.45) is -2.20. The van der Waals surface area contributed by atoms with E-state index in [2.05, 4.69) is 15.3 Å². The number of carbonyl (C=O) groups is 1. The van der Waals surface area contributed by atoms with Gasteiger partial charge in [-0.2, -0.15) is 18.3 Å². The molecule has 7 nitrogen and oxygen atoms in total. The molecule has 152 valence electrons. The summed E-state index contributed by atoms with van der Waals surface area (Å²) in [5.41, 5.74) is 2.10. The lowest BCUT2D eigenvalue weighted by Crippen LogP contribution is -2.38. The highest BCUT2D eigenvalue weighted by atomic mass is 19.4. The number of amides is 1. The summed E-state index contributed by atoms with van der Waals surface area (Å²) in [7, 11) is 0.